The Morgan fingerprint density at radius 1 is 1.38 bits per heavy atom. The number of ether oxygens (including phenoxy) is 1. The number of aliphatic hydroxyl groups excluding tert-OH is 2. The van der Waals surface area contributed by atoms with Gasteiger partial charge in [0.2, 0.25) is 0 Å². The molecule has 1 aromatic rings. The Hall–Kier alpha value is -1.10. The number of methoxy groups -OCH3 is 1. The maximum atomic E-state index is 9.24. The molecule has 0 amide bonds. The highest BCUT2D eigenvalue weighted by atomic mass is 16.5. The second-order valence-electron chi connectivity index (χ2n) is 3.71. The van der Waals surface area contributed by atoms with E-state index in [2.05, 4.69) is 5.32 Å². The summed E-state index contributed by atoms with van der Waals surface area (Å²) < 4.78 is 5.25. The summed E-state index contributed by atoms with van der Waals surface area (Å²) in [6.07, 6.45) is -0.725. The Bertz CT molecular complexity index is 317. The van der Waals surface area contributed by atoms with Gasteiger partial charge in [0, 0.05) is 18.2 Å². The molecule has 0 bridgehead atoms. The fourth-order valence-electron chi connectivity index (χ4n) is 1.51. The van der Waals surface area contributed by atoms with Crippen molar-refractivity contribution < 1.29 is 14.9 Å². The van der Waals surface area contributed by atoms with Crippen molar-refractivity contribution in [3.05, 3.63) is 29.8 Å². The number of aliphatic hydroxyl groups is 2. The minimum atomic E-state index is -0.725. The highest BCUT2D eigenvalue weighted by molar-refractivity contribution is 5.35. The van der Waals surface area contributed by atoms with Gasteiger partial charge in [-0.15, -0.1) is 0 Å². The van der Waals surface area contributed by atoms with Crippen molar-refractivity contribution in [2.45, 2.75) is 19.1 Å². The van der Waals surface area contributed by atoms with Crippen LogP contribution in [0.1, 0.15) is 18.5 Å². The van der Waals surface area contributed by atoms with E-state index in [0.29, 0.717) is 6.54 Å². The van der Waals surface area contributed by atoms with Crippen LogP contribution in [-0.2, 0) is 0 Å². The van der Waals surface area contributed by atoms with Crippen molar-refractivity contribution in [1.82, 2.24) is 5.32 Å². The summed E-state index contributed by atoms with van der Waals surface area (Å²) >= 11 is 0. The molecule has 0 radical (unpaired) electrons. The van der Waals surface area contributed by atoms with E-state index in [1.807, 2.05) is 31.2 Å². The van der Waals surface area contributed by atoms with Crippen LogP contribution in [0.15, 0.2) is 24.3 Å². The molecule has 0 fully saturated rings. The van der Waals surface area contributed by atoms with Gasteiger partial charge in [-0.3, -0.25) is 0 Å². The average Bonchev–Trinajstić information content (AvgIpc) is 2.35. The Kier molecular flexibility index (Phi) is 5.25. The van der Waals surface area contributed by atoms with Crippen molar-refractivity contribution in [1.29, 1.82) is 0 Å². The van der Waals surface area contributed by atoms with Crippen LogP contribution in [0.25, 0.3) is 0 Å². The largest absolute Gasteiger partial charge is 0.496 e. The number of hydrogen-bond acceptors (Lipinski definition) is 4. The van der Waals surface area contributed by atoms with Crippen LogP contribution >= 0.6 is 0 Å². The van der Waals surface area contributed by atoms with Crippen LogP contribution in [0, 0.1) is 0 Å². The van der Waals surface area contributed by atoms with Gasteiger partial charge in [-0.25, -0.2) is 0 Å². The monoisotopic (exact) mass is 225 g/mol. The van der Waals surface area contributed by atoms with E-state index in [4.69, 9.17) is 9.84 Å². The smallest absolute Gasteiger partial charge is 0.123 e. The van der Waals surface area contributed by atoms with E-state index in [9.17, 15) is 5.11 Å². The van der Waals surface area contributed by atoms with E-state index in [-0.39, 0.29) is 12.6 Å². The lowest BCUT2D eigenvalue weighted by Crippen LogP contribution is -2.31. The van der Waals surface area contributed by atoms with E-state index in [1.54, 1.807) is 7.11 Å². The molecular weight excluding hydrogens is 206 g/mol. The topological polar surface area (TPSA) is 61.7 Å². The molecule has 90 valence electrons. The van der Waals surface area contributed by atoms with Gasteiger partial charge in [-0.2, -0.15) is 0 Å². The summed E-state index contributed by atoms with van der Waals surface area (Å²) in [5, 5.41) is 21.1. The number of rotatable bonds is 6. The quantitative estimate of drug-likeness (QED) is 0.667. The molecule has 0 heterocycles. The minimum absolute atomic E-state index is 0.0670. The van der Waals surface area contributed by atoms with E-state index < -0.39 is 6.10 Å². The SMILES string of the molecule is COc1ccccc1[C@H](C)NCC(O)CO. The predicted octanol–water partition coefficient (Wildman–Crippen LogP) is 0.699. The Labute approximate surface area is 95.9 Å². The highest BCUT2D eigenvalue weighted by Crippen LogP contribution is 2.23. The summed E-state index contributed by atoms with van der Waals surface area (Å²) in [6.45, 7) is 2.11. The first-order chi connectivity index (χ1) is 7.69. The number of nitrogens with one attached hydrogen (secondary N) is 1. The molecule has 1 rings (SSSR count). The fraction of sp³-hybridized carbons (Fsp3) is 0.500. The first-order valence-electron chi connectivity index (χ1n) is 5.34. The first kappa shape index (κ1) is 13.0. The summed E-state index contributed by atoms with van der Waals surface area (Å²) in [4.78, 5) is 0. The van der Waals surface area contributed by atoms with Crippen LogP contribution in [0.4, 0.5) is 0 Å². The lowest BCUT2D eigenvalue weighted by Gasteiger charge is -2.18. The standard InChI is InChI=1S/C12H19NO3/c1-9(13-7-10(15)8-14)11-5-3-4-6-12(11)16-2/h3-6,9-10,13-15H,7-8H2,1-2H3/t9-,10?/m0/s1. The average molecular weight is 225 g/mol. The molecule has 1 unspecified atom stereocenters. The number of hydrogen-bond donors (Lipinski definition) is 3. The Morgan fingerprint density at radius 2 is 2.06 bits per heavy atom. The summed E-state index contributed by atoms with van der Waals surface area (Å²) in [5.41, 5.74) is 1.04. The molecule has 3 N–H and O–H groups in total. The van der Waals surface area contributed by atoms with Gasteiger partial charge < -0.3 is 20.3 Å². The maximum Gasteiger partial charge on any atom is 0.123 e. The molecule has 4 nitrogen and oxygen atoms in total. The summed E-state index contributed by atoms with van der Waals surface area (Å²) in [6, 6.07) is 7.80. The number of benzene rings is 1. The Balaban J connectivity index is 2.61. The molecule has 2 atom stereocenters. The highest BCUT2D eigenvalue weighted by Gasteiger charge is 2.11. The predicted molar refractivity (Wildman–Crippen MR) is 62.5 cm³/mol. The van der Waals surface area contributed by atoms with E-state index >= 15 is 0 Å². The van der Waals surface area contributed by atoms with Crippen molar-refractivity contribution in [2.24, 2.45) is 0 Å². The molecule has 16 heavy (non-hydrogen) atoms. The molecule has 1 aromatic carbocycles. The van der Waals surface area contributed by atoms with Crippen LogP contribution in [-0.4, -0.2) is 36.6 Å². The van der Waals surface area contributed by atoms with Gasteiger partial charge in [-0.05, 0) is 13.0 Å². The van der Waals surface area contributed by atoms with E-state index in [1.165, 1.54) is 0 Å². The molecule has 0 aliphatic carbocycles. The summed E-state index contributed by atoms with van der Waals surface area (Å²) in [7, 11) is 1.63. The minimum Gasteiger partial charge on any atom is -0.496 e. The molecule has 0 aromatic heterocycles. The third kappa shape index (κ3) is 3.48. The van der Waals surface area contributed by atoms with E-state index in [0.717, 1.165) is 11.3 Å². The molecular formula is C12H19NO3. The third-order valence-electron chi connectivity index (χ3n) is 2.48. The van der Waals surface area contributed by atoms with Gasteiger partial charge in [0.25, 0.3) is 0 Å². The van der Waals surface area contributed by atoms with Crippen LogP contribution in [0.3, 0.4) is 0 Å². The van der Waals surface area contributed by atoms with Crippen molar-refractivity contribution in [3.63, 3.8) is 0 Å². The normalized spacial score (nSPS) is 14.5. The zero-order valence-corrected chi connectivity index (χ0v) is 9.68. The lowest BCUT2D eigenvalue weighted by atomic mass is 10.1. The zero-order chi connectivity index (χ0) is 12.0. The van der Waals surface area contributed by atoms with Crippen LogP contribution in [0.5, 0.6) is 5.75 Å². The molecule has 0 aliphatic heterocycles. The van der Waals surface area contributed by atoms with Crippen LogP contribution < -0.4 is 10.1 Å². The molecule has 0 aliphatic rings. The van der Waals surface area contributed by atoms with Crippen molar-refractivity contribution in [3.8, 4) is 5.75 Å². The molecule has 0 spiro atoms. The van der Waals surface area contributed by atoms with Gasteiger partial charge in [-0.1, -0.05) is 18.2 Å². The molecule has 0 saturated heterocycles. The van der Waals surface area contributed by atoms with Crippen molar-refractivity contribution >= 4 is 0 Å². The van der Waals surface area contributed by atoms with Gasteiger partial charge in [0.1, 0.15) is 5.75 Å². The Morgan fingerprint density at radius 3 is 2.69 bits per heavy atom. The van der Waals surface area contributed by atoms with Gasteiger partial charge >= 0.3 is 0 Å². The second kappa shape index (κ2) is 6.48. The van der Waals surface area contributed by atoms with Gasteiger partial charge in [0.05, 0.1) is 19.8 Å². The first-order valence-corrected chi connectivity index (χ1v) is 5.34. The van der Waals surface area contributed by atoms with Gasteiger partial charge in [0.15, 0.2) is 0 Å². The lowest BCUT2D eigenvalue weighted by molar-refractivity contribution is 0.0923. The molecule has 0 saturated carbocycles. The van der Waals surface area contributed by atoms with Crippen LogP contribution in [0.2, 0.25) is 0 Å². The third-order valence-corrected chi connectivity index (χ3v) is 2.48. The molecule has 4 heteroatoms. The fourth-order valence-corrected chi connectivity index (χ4v) is 1.51. The van der Waals surface area contributed by atoms with Crippen molar-refractivity contribution in [2.75, 3.05) is 20.3 Å². The maximum absolute atomic E-state index is 9.24. The zero-order valence-electron chi connectivity index (χ0n) is 9.68. The second-order valence-corrected chi connectivity index (χ2v) is 3.71. The summed E-state index contributed by atoms with van der Waals surface area (Å²) in [5.74, 6) is 0.820. The number of para-hydroxylation sites is 1.